The molecule has 2 aliphatic heterocycles. The number of rotatable bonds is 5. The molecule has 2 aromatic carbocycles. The van der Waals surface area contributed by atoms with Crippen molar-refractivity contribution in [2.45, 2.75) is 49.7 Å². The maximum atomic E-state index is 13.2. The Balaban J connectivity index is 1.57. The van der Waals surface area contributed by atoms with Crippen molar-refractivity contribution >= 4 is 21.6 Å². The number of amides is 1. The topological polar surface area (TPSA) is 94.2 Å². The first kappa shape index (κ1) is 22.4. The Bertz CT molecular complexity index is 1080. The number of hydrogen-bond donors (Lipinski definition) is 1. The zero-order valence-corrected chi connectivity index (χ0v) is 19.1. The van der Waals surface area contributed by atoms with Crippen LogP contribution in [0, 0.1) is 0 Å². The van der Waals surface area contributed by atoms with Gasteiger partial charge in [0.15, 0.2) is 11.5 Å². The van der Waals surface area contributed by atoms with Crippen molar-refractivity contribution < 1.29 is 27.4 Å². The van der Waals surface area contributed by atoms with Crippen molar-refractivity contribution in [1.29, 1.82) is 0 Å². The third kappa shape index (κ3) is 4.54. The van der Waals surface area contributed by atoms with Crippen LogP contribution in [-0.2, 0) is 14.8 Å². The smallest absolute Gasteiger partial charge is 0.269 e. The van der Waals surface area contributed by atoms with Crippen LogP contribution in [0.5, 0.6) is 17.2 Å². The van der Waals surface area contributed by atoms with Crippen LogP contribution in [0.15, 0.2) is 47.4 Å². The molecule has 1 fully saturated rings. The van der Waals surface area contributed by atoms with Crippen LogP contribution in [0.4, 0.5) is 5.69 Å². The van der Waals surface area contributed by atoms with Crippen molar-refractivity contribution in [3.63, 3.8) is 0 Å². The van der Waals surface area contributed by atoms with Crippen LogP contribution in [-0.4, -0.2) is 51.0 Å². The molecule has 1 amide bonds. The standard InChI is InChI=1S/C23H28N2O6S/c1-16-22(31-21-10-6-5-9-20(21)30-16)23(26)24-18-15-17(11-12-19(18)29-2)32(27,28)25-13-7-3-4-8-14-25/h5-6,9-12,15-16,22H,3-4,7-8,13-14H2,1-2H3,(H,24,26). The lowest BCUT2D eigenvalue weighted by Gasteiger charge is -2.31. The summed E-state index contributed by atoms with van der Waals surface area (Å²) in [6.07, 6.45) is 2.32. The van der Waals surface area contributed by atoms with Crippen LogP contribution in [0.1, 0.15) is 32.6 Å². The van der Waals surface area contributed by atoms with Gasteiger partial charge >= 0.3 is 0 Å². The molecule has 0 saturated carbocycles. The Morgan fingerprint density at radius 2 is 1.69 bits per heavy atom. The van der Waals surface area contributed by atoms with E-state index in [2.05, 4.69) is 5.32 Å². The quantitative estimate of drug-likeness (QED) is 0.735. The summed E-state index contributed by atoms with van der Waals surface area (Å²) in [6, 6.07) is 11.6. The number of anilines is 1. The highest BCUT2D eigenvalue weighted by Crippen LogP contribution is 2.35. The fraction of sp³-hybridized carbons (Fsp3) is 0.435. The Morgan fingerprint density at radius 3 is 2.34 bits per heavy atom. The number of fused-ring (bicyclic) bond motifs is 1. The lowest BCUT2D eigenvalue weighted by atomic mass is 10.1. The number of carbonyl (C=O) groups excluding carboxylic acids is 1. The van der Waals surface area contributed by atoms with E-state index in [1.54, 1.807) is 31.2 Å². The first-order valence-corrected chi connectivity index (χ1v) is 12.3. The van der Waals surface area contributed by atoms with Gasteiger partial charge in [0, 0.05) is 13.1 Å². The van der Waals surface area contributed by atoms with Gasteiger partial charge in [-0.25, -0.2) is 8.42 Å². The van der Waals surface area contributed by atoms with E-state index in [4.69, 9.17) is 14.2 Å². The van der Waals surface area contributed by atoms with E-state index in [0.29, 0.717) is 30.3 Å². The third-order valence-corrected chi connectivity index (χ3v) is 7.63. The molecular weight excluding hydrogens is 432 g/mol. The van der Waals surface area contributed by atoms with Gasteiger partial charge in [0.1, 0.15) is 11.9 Å². The molecule has 0 aliphatic carbocycles. The van der Waals surface area contributed by atoms with E-state index in [9.17, 15) is 13.2 Å². The minimum Gasteiger partial charge on any atom is -0.495 e. The average molecular weight is 461 g/mol. The number of para-hydroxylation sites is 2. The fourth-order valence-corrected chi connectivity index (χ4v) is 5.53. The summed E-state index contributed by atoms with van der Waals surface area (Å²) in [5.74, 6) is 0.968. The number of nitrogens with zero attached hydrogens (tertiary/aromatic N) is 1. The highest BCUT2D eigenvalue weighted by atomic mass is 32.2. The second-order valence-corrected chi connectivity index (χ2v) is 9.92. The van der Waals surface area contributed by atoms with Crippen molar-refractivity contribution in [2.24, 2.45) is 0 Å². The molecule has 0 spiro atoms. The summed E-state index contributed by atoms with van der Waals surface area (Å²) in [6.45, 7) is 2.75. The molecule has 2 aliphatic rings. The molecule has 32 heavy (non-hydrogen) atoms. The predicted molar refractivity (Wildman–Crippen MR) is 120 cm³/mol. The van der Waals surface area contributed by atoms with Crippen LogP contribution in [0.3, 0.4) is 0 Å². The van der Waals surface area contributed by atoms with E-state index >= 15 is 0 Å². The second kappa shape index (κ2) is 9.38. The van der Waals surface area contributed by atoms with E-state index in [-0.39, 0.29) is 10.6 Å². The second-order valence-electron chi connectivity index (χ2n) is 7.98. The molecule has 8 nitrogen and oxygen atoms in total. The molecule has 0 aromatic heterocycles. The van der Waals surface area contributed by atoms with Crippen molar-refractivity contribution in [2.75, 3.05) is 25.5 Å². The summed E-state index contributed by atoms with van der Waals surface area (Å²) in [7, 11) is -2.21. The molecule has 2 aromatic rings. The zero-order valence-electron chi connectivity index (χ0n) is 18.2. The molecule has 0 bridgehead atoms. The number of carbonyl (C=O) groups is 1. The predicted octanol–water partition coefficient (Wildman–Crippen LogP) is 3.43. The molecule has 2 atom stereocenters. The Hall–Kier alpha value is -2.78. The van der Waals surface area contributed by atoms with Gasteiger partial charge in [-0.1, -0.05) is 25.0 Å². The minimum atomic E-state index is -3.67. The first-order valence-electron chi connectivity index (χ1n) is 10.8. The van der Waals surface area contributed by atoms with Crippen molar-refractivity contribution in [1.82, 2.24) is 4.31 Å². The van der Waals surface area contributed by atoms with Crippen LogP contribution < -0.4 is 19.5 Å². The molecule has 1 saturated heterocycles. The number of sulfonamides is 1. The highest BCUT2D eigenvalue weighted by molar-refractivity contribution is 7.89. The molecule has 9 heteroatoms. The van der Waals surface area contributed by atoms with Gasteiger partial charge in [0.2, 0.25) is 16.1 Å². The molecule has 0 radical (unpaired) electrons. The van der Waals surface area contributed by atoms with Gasteiger partial charge in [-0.15, -0.1) is 0 Å². The largest absolute Gasteiger partial charge is 0.495 e. The summed E-state index contributed by atoms with van der Waals surface area (Å²) in [5.41, 5.74) is 0.267. The van der Waals surface area contributed by atoms with E-state index < -0.39 is 28.1 Å². The maximum Gasteiger partial charge on any atom is 0.269 e. The van der Waals surface area contributed by atoms with E-state index in [0.717, 1.165) is 25.7 Å². The third-order valence-electron chi connectivity index (χ3n) is 5.73. The van der Waals surface area contributed by atoms with Gasteiger partial charge in [-0.05, 0) is 50.1 Å². The molecule has 2 unspecified atom stereocenters. The lowest BCUT2D eigenvalue weighted by Crippen LogP contribution is -2.46. The van der Waals surface area contributed by atoms with E-state index in [1.165, 1.54) is 23.5 Å². The van der Waals surface area contributed by atoms with Gasteiger partial charge in [-0.3, -0.25) is 4.79 Å². The summed E-state index contributed by atoms with van der Waals surface area (Å²) in [4.78, 5) is 13.2. The molecule has 1 N–H and O–H groups in total. The summed E-state index contributed by atoms with van der Waals surface area (Å²) >= 11 is 0. The number of ether oxygens (including phenoxy) is 3. The number of hydrogen-bond acceptors (Lipinski definition) is 6. The molecular formula is C23H28N2O6S. The Kier molecular flexibility index (Phi) is 6.57. The van der Waals surface area contributed by atoms with Gasteiger partial charge in [0.25, 0.3) is 5.91 Å². The van der Waals surface area contributed by atoms with Crippen LogP contribution in [0.25, 0.3) is 0 Å². The number of nitrogens with one attached hydrogen (secondary N) is 1. The minimum absolute atomic E-state index is 0.120. The zero-order chi connectivity index (χ0) is 22.7. The molecule has 4 rings (SSSR count). The lowest BCUT2D eigenvalue weighted by molar-refractivity contribution is -0.128. The SMILES string of the molecule is COc1ccc(S(=O)(=O)N2CCCCCC2)cc1NC(=O)C1Oc2ccccc2OC1C. The first-order chi connectivity index (χ1) is 15.4. The van der Waals surface area contributed by atoms with Gasteiger partial charge in [-0.2, -0.15) is 4.31 Å². The van der Waals surface area contributed by atoms with E-state index in [1.807, 2.05) is 6.07 Å². The fourth-order valence-electron chi connectivity index (χ4n) is 3.99. The van der Waals surface area contributed by atoms with Crippen LogP contribution in [0.2, 0.25) is 0 Å². The van der Waals surface area contributed by atoms with Gasteiger partial charge in [0.05, 0.1) is 17.7 Å². The van der Waals surface area contributed by atoms with Crippen LogP contribution >= 0.6 is 0 Å². The Morgan fingerprint density at radius 1 is 1.03 bits per heavy atom. The number of methoxy groups -OCH3 is 1. The monoisotopic (exact) mass is 460 g/mol. The molecule has 2 heterocycles. The Labute approximate surface area is 188 Å². The summed E-state index contributed by atoms with van der Waals surface area (Å²) in [5, 5.41) is 2.77. The van der Waals surface area contributed by atoms with Crippen molar-refractivity contribution in [3.8, 4) is 17.2 Å². The highest BCUT2D eigenvalue weighted by Gasteiger charge is 2.35. The number of benzene rings is 2. The summed E-state index contributed by atoms with van der Waals surface area (Å²) < 4.78 is 44.9. The normalized spacial score (nSPS) is 21.4. The maximum absolute atomic E-state index is 13.2. The van der Waals surface area contributed by atoms with Crippen molar-refractivity contribution in [3.05, 3.63) is 42.5 Å². The average Bonchev–Trinajstić information content (AvgIpc) is 3.08. The van der Waals surface area contributed by atoms with Gasteiger partial charge < -0.3 is 19.5 Å². The molecule has 172 valence electrons.